The molecule has 3 nitrogen and oxygen atoms in total. The predicted molar refractivity (Wildman–Crippen MR) is 77.6 cm³/mol. The molecule has 18 heavy (non-hydrogen) atoms. The van der Waals surface area contributed by atoms with Crippen molar-refractivity contribution in [1.29, 1.82) is 0 Å². The first-order valence-electron chi connectivity index (χ1n) is 6.01. The zero-order chi connectivity index (χ0) is 13.0. The van der Waals surface area contributed by atoms with Crippen LogP contribution in [0.15, 0.2) is 29.3 Å². The van der Waals surface area contributed by atoms with Gasteiger partial charge in [-0.3, -0.25) is 4.79 Å². The summed E-state index contributed by atoms with van der Waals surface area (Å²) in [7, 11) is 0. The monoisotopic (exact) mass is 282 g/mol. The van der Waals surface area contributed by atoms with Crippen molar-refractivity contribution < 1.29 is 4.79 Å². The number of amides is 1. The maximum Gasteiger partial charge on any atom is 0.239 e. The predicted octanol–water partition coefficient (Wildman–Crippen LogP) is 3.75. The maximum absolute atomic E-state index is 11.7. The van der Waals surface area contributed by atoms with Gasteiger partial charge in [-0.15, -0.1) is 0 Å². The largest absolute Gasteiger partial charge is 0.304 e. The topological polar surface area (TPSA) is 41.5 Å². The molecule has 1 aromatic rings. The lowest BCUT2D eigenvalue weighted by Gasteiger charge is -2.01. The molecule has 1 heterocycles. The standard InChI is InChI=1S/C13H15ClN2OS/c1-2-3-4-11-12(17)16-13(18-11)15-10-7-5-9(14)6-8-10/h5-8,11H,2-4H2,1H3,(H,15,16,17). The number of amidine groups is 1. The van der Waals surface area contributed by atoms with Gasteiger partial charge in [0, 0.05) is 5.02 Å². The second-order valence-corrected chi connectivity index (χ2v) is 5.76. The van der Waals surface area contributed by atoms with Crippen molar-refractivity contribution in [2.45, 2.75) is 31.4 Å². The molecule has 0 aromatic heterocycles. The Bertz CT molecular complexity index is 459. The van der Waals surface area contributed by atoms with Crippen LogP contribution in [0.25, 0.3) is 0 Å². The van der Waals surface area contributed by atoms with Crippen molar-refractivity contribution in [3.8, 4) is 0 Å². The minimum absolute atomic E-state index is 0.0102. The van der Waals surface area contributed by atoms with Gasteiger partial charge in [-0.1, -0.05) is 43.1 Å². The molecule has 1 aliphatic heterocycles. The molecule has 96 valence electrons. The molecule has 1 aliphatic rings. The highest BCUT2D eigenvalue weighted by atomic mass is 35.5. The van der Waals surface area contributed by atoms with Gasteiger partial charge in [0.05, 0.1) is 10.9 Å². The molecular weight excluding hydrogens is 268 g/mol. The third-order valence-corrected chi connectivity index (χ3v) is 4.06. The highest BCUT2D eigenvalue weighted by Gasteiger charge is 2.29. The van der Waals surface area contributed by atoms with Gasteiger partial charge < -0.3 is 5.32 Å². The van der Waals surface area contributed by atoms with Crippen molar-refractivity contribution in [2.75, 3.05) is 0 Å². The first kappa shape index (κ1) is 13.4. The lowest BCUT2D eigenvalue weighted by atomic mass is 10.2. The van der Waals surface area contributed by atoms with Crippen LogP contribution in [-0.2, 0) is 4.79 Å². The Morgan fingerprint density at radius 1 is 1.39 bits per heavy atom. The zero-order valence-electron chi connectivity index (χ0n) is 10.1. The Morgan fingerprint density at radius 2 is 2.11 bits per heavy atom. The highest BCUT2D eigenvalue weighted by Crippen LogP contribution is 2.26. The molecule has 1 saturated heterocycles. The van der Waals surface area contributed by atoms with Crippen LogP contribution in [-0.4, -0.2) is 16.3 Å². The number of hydrogen-bond acceptors (Lipinski definition) is 3. The van der Waals surface area contributed by atoms with E-state index in [1.807, 2.05) is 12.1 Å². The number of benzene rings is 1. The summed E-state index contributed by atoms with van der Waals surface area (Å²) < 4.78 is 0. The summed E-state index contributed by atoms with van der Waals surface area (Å²) in [5.74, 6) is 0.0705. The maximum atomic E-state index is 11.7. The van der Waals surface area contributed by atoms with E-state index in [4.69, 9.17) is 11.6 Å². The molecule has 0 saturated carbocycles. The van der Waals surface area contributed by atoms with Crippen LogP contribution in [0.2, 0.25) is 5.02 Å². The molecule has 0 radical (unpaired) electrons. The van der Waals surface area contributed by atoms with E-state index >= 15 is 0 Å². The molecule has 2 rings (SSSR count). The molecule has 0 bridgehead atoms. The molecule has 1 unspecified atom stereocenters. The molecule has 1 aromatic carbocycles. The Morgan fingerprint density at radius 3 is 2.78 bits per heavy atom. The average Bonchev–Trinajstić information content (AvgIpc) is 2.70. The number of carbonyl (C=O) groups is 1. The van der Waals surface area contributed by atoms with E-state index in [-0.39, 0.29) is 11.2 Å². The zero-order valence-corrected chi connectivity index (χ0v) is 11.7. The SMILES string of the molecule is CCCCC1SC(=Nc2ccc(Cl)cc2)NC1=O. The summed E-state index contributed by atoms with van der Waals surface area (Å²) in [5, 5.41) is 4.19. The molecule has 1 fully saturated rings. The summed E-state index contributed by atoms with van der Waals surface area (Å²) in [6.45, 7) is 2.13. The summed E-state index contributed by atoms with van der Waals surface area (Å²) >= 11 is 7.32. The van der Waals surface area contributed by atoms with Gasteiger partial charge in [0.1, 0.15) is 0 Å². The van der Waals surface area contributed by atoms with Gasteiger partial charge >= 0.3 is 0 Å². The minimum Gasteiger partial charge on any atom is -0.304 e. The Balaban J connectivity index is 2.02. The van der Waals surface area contributed by atoms with Crippen molar-refractivity contribution in [3.63, 3.8) is 0 Å². The van der Waals surface area contributed by atoms with E-state index in [0.29, 0.717) is 10.2 Å². The minimum atomic E-state index is 0.0102. The lowest BCUT2D eigenvalue weighted by molar-refractivity contribution is -0.118. The Kier molecular flexibility index (Phi) is 4.66. The smallest absolute Gasteiger partial charge is 0.239 e. The van der Waals surface area contributed by atoms with Crippen molar-refractivity contribution >= 4 is 40.1 Å². The van der Waals surface area contributed by atoms with Gasteiger partial charge in [-0.05, 0) is 30.7 Å². The quantitative estimate of drug-likeness (QED) is 0.914. The van der Waals surface area contributed by atoms with Crippen molar-refractivity contribution in [1.82, 2.24) is 5.32 Å². The van der Waals surface area contributed by atoms with Crippen LogP contribution >= 0.6 is 23.4 Å². The summed E-state index contributed by atoms with van der Waals surface area (Å²) in [4.78, 5) is 16.1. The van der Waals surface area contributed by atoms with E-state index in [9.17, 15) is 4.79 Å². The number of carbonyl (C=O) groups excluding carboxylic acids is 1. The Hall–Kier alpha value is -1.00. The van der Waals surface area contributed by atoms with E-state index in [0.717, 1.165) is 24.9 Å². The highest BCUT2D eigenvalue weighted by molar-refractivity contribution is 8.15. The lowest BCUT2D eigenvalue weighted by Crippen LogP contribution is -2.24. The number of nitrogens with one attached hydrogen (secondary N) is 1. The first-order chi connectivity index (χ1) is 8.69. The number of rotatable bonds is 4. The Labute approximate surface area is 116 Å². The van der Waals surface area contributed by atoms with Gasteiger partial charge in [0.15, 0.2) is 5.17 Å². The molecule has 0 spiro atoms. The number of nitrogens with zero attached hydrogens (tertiary/aromatic N) is 1. The number of unbranched alkanes of at least 4 members (excludes halogenated alkanes) is 1. The van der Waals surface area contributed by atoms with Gasteiger partial charge in [-0.2, -0.15) is 0 Å². The third kappa shape index (κ3) is 3.50. The number of aliphatic imine (C=N–C) groups is 1. The number of halogens is 1. The molecule has 0 aliphatic carbocycles. The van der Waals surface area contributed by atoms with Crippen LogP contribution in [0.3, 0.4) is 0 Å². The third-order valence-electron chi connectivity index (χ3n) is 2.65. The summed E-state index contributed by atoms with van der Waals surface area (Å²) in [6.07, 6.45) is 3.08. The molecule has 1 atom stereocenters. The second-order valence-electron chi connectivity index (χ2n) is 4.13. The summed E-state index contributed by atoms with van der Waals surface area (Å²) in [5.41, 5.74) is 0.804. The number of hydrogen-bond donors (Lipinski definition) is 1. The van der Waals surface area contributed by atoms with E-state index in [1.165, 1.54) is 11.8 Å². The van der Waals surface area contributed by atoms with Gasteiger partial charge in [0.2, 0.25) is 5.91 Å². The second kappa shape index (κ2) is 6.25. The molecular formula is C13H15ClN2OS. The van der Waals surface area contributed by atoms with Gasteiger partial charge in [-0.25, -0.2) is 4.99 Å². The fourth-order valence-corrected chi connectivity index (χ4v) is 2.83. The fraction of sp³-hybridized carbons (Fsp3) is 0.385. The normalized spacial score (nSPS) is 21.3. The van der Waals surface area contributed by atoms with Crippen molar-refractivity contribution in [3.05, 3.63) is 29.3 Å². The summed E-state index contributed by atoms with van der Waals surface area (Å²) in [6, 6.07) is 7.25. The fourth-order valence-electron chi connectivity index (χ4n) is 1.67. The van der Waals surface area contributed by atoms with E-state index in [1.54, 1.807) is 12.1 Å². The van der Waals surface area contributed by atoms with Crippen LogP contribution in [0, 0.1) is 0 Å². The van der Waals surface area contributed by atoms with E-state index < -0.39 is 0 Å². The molecule has 1 N–H and O–H groups in total. The van der Waals surface area contributed by atoms with E-state index in [2.05, 4.69) is 17.2 Å². The van der Waals surface area contributed by atoms with Crippen LogP contribution in [0.4, 0.5) is 5.69 Å². The van der Waals surface area contributed by atoms with Crippen molar-refractivity contribution in [2.24, 2.45) is 4.99 Å². The number of thioether (sulfide) groups is 1. The first-order valence-corrected chi connectivity index (χ1v) is 7.26. The van der Waals surface area contributed by atoms with Gasteiger partial charge in [0.25, 0.3) is 0 Å². The molecule has 5 heteroatoms. The van der Waals surface area contributed by atoms with Crippen LogP contribution in [0.1, 0.15) is 26.2 Å². The average molecular weight is 283 g/mol. The van der Waals surface area contributed by atoms with Crippen LogP contribution in [0.5, 0.6) is 0 Å². The molecule has 1 amide bonds. The van der Waals surface area contributed by atoms with Crippen LogP contribution < -0.4 is 5.32 Å².